The van der Waals surface area contributed by atoms with Crippen LogP contribution in [0.1, 0.15) is 40.5 Å². The minimum Gasteiger partial charge on any atom is -0.494 e. The molecule has 0 aliphatic rings. The van der Waals surface area contributed by atoms with Crippen LogP contribution in [0.4, 0.5) is 0 Å². The predicted octanol–water partition coefficient (Wildman–Crippen LogP) is 2.40. The van der Waals surface area contributed by atoms with E-state index in [0.29, 0.717) is 0 Å². The molecule has 0 rings (SSSR count). The van der Waals surface area contributed by atoms with E-state index < -0.39 is 0 Å². The van der Waals surface area contributed by atoms with Gasteiger partial charge in [0.15, 0.2) is 0 Å². The largest absolute Gasteiger partial charge is 0.494 e. The third-order valence-electron chi connectivity index (χ3n) is 1.29. The first-order valence-electron chi connectivity index (χ1n) is 4.19. The summed E-state index contributed by atoms with van der Waals surface area (Å²) in [5.41, 5.74) is 6.43. The van der Waals surface area contributed by atoms with Crippen LogP contribution in [0.25, 0.3) is 0 Å². The summed E-state index contributed by atoms with van der Waals surface area (Å²) in [6.45, 7) is 8.02. The lowest BCUT2D eigenvalue weighted by atomic mass is 10.2. The lowest BCUT2D eigenvalue weighted by molar-refractivity contribution is 0.136. The Balaban J connectivity index is 4.02. The summed E-state index contributed by atoms with van der Waals surface area (Å²) < 4.78 is 5.51. The average molecular weight is 157 g/mol. The minimum atomic E-state index is 0.232. The Labute approximate surface area is 69.4 Å². The molecule has 2 N–H and O–H groups in total. The van der Waals surface area contributed by atoms with Gasteiger partial charge in [-0.05, 0) is 27.2 Å². The molecule has 0 aromatic carbocycles. The number of hydrogen-bond donors (Lipinski definition) is 1. The highest BCUT2D eigenvalue weighted by molar-refractivity contribution is 5.01. The molecular formula is C9H19NO. The van der Waals surface area contributed by atoms with Gasteiger partial charge in [-0.1, -0.05) is 6.92 Å². The molecule has 0 saturated heterocycles. The molecule has 0 amide bonds. The van der Waals surface area contributed by atoms with Crippen LogP contribution in [0, 0.1) is 0 Å². The van der Waals surface area contributed by atoms with Crippen molar-refractivity contribution in [1.82, 2.24) is 0 Å². The van der Waals surface area contributed by atoms with Gasteiger partial charge >= 0.3 is 0 Å². The third kappa shape index (κ3) is 4.71. The zero-order valence-corrected chi connectivity index (χ0v) is 7.98. The second-order valence-electron chi connectivity index (χ2n) is 3.02. The summed E-state index contributed by atoms with van der Waals surface area (Å²) in [5, 5.41) is 0. The Bertz CT molecular complexity index is 134. The summed E-state index contributed by atoms with van der Waals surface area (Å²) in [4.78, 5) is 0. The van der Waals surface area contributed by atoms with Crippen molar-refractivity contribution in [3.8, 4) is 0 Å². The quantitative estimate of drug-likeness (QED) is 0.636. The van der Waals surface area contributed by atoms with Crippen molar-refractivity contribution in [3.63, 3.8) is 0 Å². The minimum absolute atomic E-state index is 0.232. The maximum Gasteiger partial charge on any atom is 0.115 e. The molecule has 0 aromatic rings. The smallest absolute Gasteiger partial charge is 0.115 e. The van der Waals surface area contributed by atoms with Gasteiger partial charge in [0, 0.05) is 12.1 Å². The first-order chi connectivity index (χ1) is 5.07. The Morgan fingerprint density at radius 3 is 2.27 bits per heavy atom. The molecule has 2 heteroatoms. The molecule has 0 aromatic heterocycles. The molecule has 0 saturated carbocycles. The highest BCUT2D eigenvalue weighted by Crippen LogP contribution is 2.11. The van der Waals surface area contributed by atoms with E-state index in [1.807, 2.05) is 20.8 Å². The SMILES string of the molecule is CCC/C(OC(C)C)=C(\C)N. The van der Waals surface area contributed by atoms with Crippen LogP contribution in [-0.2, 0) is 4.74 Å². The molecule has 0 radical (unpaired) electrons. The summed E-state index contributed by atoms with van der Waals surface area (Å²) in [5.74, 6) is 0.947. The van der Waals surface area contributed by atoms with E-state index in [-0.39, 0.29) is 6.10 Å². The van der Waals surface area contributed by atoms with E-state index in [9.17, 15) is 0 Å². The van der Waals surface area contributed by atoms with Gasteiger partial charge in [0.2, 0.25) is 0 Å². The maximum absolute atomic E-state index is 5.63. The lowest BCUT2D eigenvalue weighted by Crippen LogP contribution is -2.07. The Hall–Kier alpha value is -0.660. The highest BCUT2D eigenvalue weighted by Gasteiger charge is 2.02. The van der Waals surface area contributed by atoms with Crippen LogP contribution in [0.3, 0.4) is 0 Å². The van der Waals surface area contributed by atoms with E-state index in [2.05, 4.69) is 6.92 Å². The van der Waals surface area contributed by atoms with Crippen LogP contribution in [0.5, 0.6) is 0 Å². The number of hydrogen-bond acceptors (Lipinski definition) is 2. The lowest BCUT2D eigenvalue weighted by Gasteiger charge is -2.14. The molecule has 0 bridgehead atoms. The molecule has 0 unspecified atom stereocenters. The topological polar surface area (TPSA) is 35.2 Å². The first-order valence-corrected chi connectivity index (χ1v) is 4.19. The fourth-order valence-electron chi connectivity index (χ4n) is 0.861. The molecule has 0 fully saturated rings. The fraction of sp³-hybridized carbons (Fsp3) is 0.778. The van der Waals surface area contributed by atoms with Gasteiger partial charge in [-0.15, -0.1) is 0 Å². The Kier molecular flexibility index (Phi) is 4.75. The van der Waals surface area contributed by atoms with Crippen molar-refractivity contribution < 1.29 is 4.74 Å². The van der Waals surface area contributed by atoms with Crippen molar-refractivity contribution >= 4 is 0 Å². The van der Waals surface area contributed by atoms with Gasteiger partial charge in [0.25, 0.3) is 0 Å². The molecule has 0 aliphatic heterocycles. The maximum atomic E-state index is 5.63. The molecule has 0 atom stereocenters. The van der Waals surface area contributed by atoms with Crippen LogP contribution in [0.2, 0.25) is 0 Å². The van der Waals surface area contributed by atoms with Gasteiger partial charge in [-0.3, -0.25) is 0 Å². The zero-order chi connectivity index (χ0) is 8.85. The molecule has 11 heavy (non-hydrogen) atoms. The number of rotatable bonds is 4. The van der Waals surface area contributed by atoms with Gasteiger partial charge in [0.05, 0.1) is 6.10 Å². The van der Waals surface area contributed by atoms with E-state index in [1.54, 1.807) is 0 Å². The Morgan fingerprint density at radius 2 is 2.00 bits per heavy atom. The predicted molar refractivity (Wildman–Crippen MR) is 48.0 cm³/mol. The monoisotopic (exact) mass is 157 g/mol. The van der Waals surface area contributed by atoms with Gasteiger partial charge in [-0.2, -0.15) is 0 Å². The molecular weight excluding hydrogens is 138 g/mol. The molecule has 0 heterocycles. The van der Waals surface area contributed by atoms with Crippen LogP contribution in [0.15, 0.2) is 11.5 Å². The standard InChI is InChI=1S/C9H19NO/c1-5-6-9(8(4)10)11-7(2)3/h7H,5-6,10H2,1-4H3/b9-8-. The van der Waals surface area contributed by atoms with Crippen molar-refractivity contribution in [3.05, 3.63) is 11.5 Å². The van der Waals surface area contributed by atoms with Crippen molar-refractivity contribution in [1.29, 1.82) is 0 Å². The first kappa shape index (κ1) is 10.3. The van der Waals surface area contributed by atoms with Crippen LogP contribution >= 0.6 is 0 Å². The number of nitrogens with two attached hydrogens (primary N) is 1. The van der Waals surface area contributed by atoms with E-state index >= 15 is 0 Å². The van der Waals surface area contributed by atoms with Gasteiger partial charge < -0.3 is 10.5 Å². The zero-order valence-electron chi connectivity index (χ0n) is 7.98. The second kappa shape index (κ2) is 5.05. The highest BCUT2D eigenvalue weighted by atomic mass is 16.5. The van der Waals surface area contributed by atoms with Gasteiger partial charge in [-0.25, -0.2) is 0 Å². The molecule has 0 aliphatic carbocycles. The summed E-state index contributed by atoms with van der Waals surface area (Å²) >= 11 is 0. The van der Waals surface area contributed by atoms with Crippen molar-refractivity contribution in [2.75, 3.05) is 0 Å². The molecule has 2 nitrogen and oxygen atoms in total. The fourth-order valence-corrected chi connectivity index (χ4v) is 0.861. The van der Waals surface area contributed by atoms with E-state index in [0.717, 1.165) is 24.3 Å². The molecule has 66 valence electrons. The number of ether oxygens (including phenoxy) is 1. The Morgan fingerprint density at radius 1 is 1.45 bits per heavy atom. The summed E-state index contributed by atoms with van der Waals surface area (Å²) in [7, 11) is 0. The average Bonchev–Trinajstić information content (AvgIpc) is 1.86. The normalized spacial score (nSPS) is 13.2. The summed E-state index contributed by atoms with van der Waals surface area (Å²) in [6, 6.07) is 0. The van der Waals surface area contributed by atoms with E-state index in [1.165, 1.54) is 0 Å². The number of allylic oxidation sites excluding steroid dienone is 2. The second-order valence-corrected chi connectivity index (χ2v) is 3.02. The van der Waals surface area contributed by atoms with Gasteiger partial charge in [0.1, 0.15) is 5.76 Å². The van der Waals surface area contributed by atoms with Crippen LogP contribution < -0.4 is 5.73 Å². The third-order valence-corrected chi connectivity index (χ3v) is 1.29. The van der Waals surface area contributed by atoms with Crippen molar-refractivity contribution in [2.24, 2.45) is 5.73 Å². The van der Waals surface area contributed by atoms with E-state index in [4.69, 9.17) is 10.5 Å². The van der Waals surface area contributed by atoms with Crippen LogP contribution in [-0.4, -0.2) is 6.10 Å². The molecule has 0 spiro atoms. The van der Waals surface area contributed by atoms with Crippen molar-refractivity contribution in [2.45, 2.75) is 46.6 Å². The summed E-state index contributed by atoms with van der Waals surface area (Å²) in [6.07, 6.45) is 2.26.